The molecule has 15 heavy (non-hydrogen) atoms. The van der Waals surface area contributed by atoms with Crippen LogP contribution < -0.4 is 5.32 Å². The molecule has 0 aromatic heterocycles. The van der Waals surface area contributed by atoms with Crippen molar-refractivity contribution >= 4 is 23.1 Å². The van der Waals surface area contributed by atoms with E-state index in [1.54, 1.807) is 12.1 Å². The maximum atomic E-state index is 11.5. The quantitative estimate of drug-likeness (QED) is 0.551. The van der Waals surface area contributed by atoms with Gasteiger partial charge in [0.15, 0.2) is 0 Å². The molecule has 76 valence electrons. The molecule has 4 nitrogen and oxygen atoms in total. The van der Waals surface area contributed by atoms with Crippen molar-refractivity contribution in [3.63, 3.8) is 0 Å². The van der Waals surface area contributed by atoms with E-state index in [1.807, 2.05) is 12.1 Å². The van der Waals surface area contributed by atoms with Gasteiger partial charge in [0, 0.05) is 17.3 Å². The highest BCUT2D eigenvalue weighted by Gasteiger charge is 2.24. The Bertz CT molecular complexity index is 463. The van der Waals surface area contributed by atoms with Crippen molar-refractivity contribution in [1.82, 2.24) is 0 Å². The predicted octanol–water partition coefficient (Wildman–Crippen LogP) is 1.20. The molecule has 0 saturated carbocycles. The minimum atomic E-state index is -0.531. The number of carbonyl (C=O) groups excluding carboxylic acids is 2. The van der Waals surface area contributed by atoms with Crippen LogP contribution in [-0.2, 0) is 14.3 Å². The van der Waals surface area contributed by atoms with Gasteiger partial charge in [-0.05, 0) is 6.07 Å². The zero-order valence-electron chi connectivity index (χ0n) is 8.11. The molecule has 1 aromatic rings. The Kier molecular flexibility index (Phi) is 2.25. The summed E-state index contributed by atoms with van der Waals surface area (Å²) in [5.74, 6) is -0.807. The van der Waals surface area contributed by atoms with E-state index in [0.29, 0.717) is 5.57 Å². The monoisotopic (exact) mass is 203 g/mol. The first-order valence-electron chi connectivity index (χ1n) is 4.43. The second kappa shape index (κ2) is 3.57. The summed E-state index contributed by atoms with van der Waals surface area (Å²) in [6, 6.07) is 7.19. The third-order valence-corrected chi connectivity index (χ3v) is 2.17. The van der Waals surface area contributed by atoms with Gasteiger partial charge in [0.2, 0.25) is 0 Å². The minimum Gasteiger partial charge on any atom is -0.466 e. The molecule has 0 radical (unpaired) electrons. The summed E-state index contributed by atoms with van der Waals surface area (Å²) in [5, 5.41) is 2.66. The normalized spacial score (nSPS) is 16.1. The van der Waals surface area contributed by atoms with Crippen LogP contribution in [0, 0.1) is 0 Å². The van der Waals surface area contributed by atoms with Gasteiger partial charge in [0.1, 0.15) is 0 Å². The third kappa shape index (κ3) is 1.61. The van der Waals surface area contributed by atoms with Crippen LogP contribution in [0.25, 0.3) is 5.57 Å². The Labute approximate surface area is 86.5 Å². The van der Waals surface area contributed by atoms with Gasteiger partial charge in [-0.3, -0.25) is 4.79 Å². The molecule has 4 heteroatoms. The first-order chi connectivity index (χ1) is 7.22. The minimum absolute atomic E-state index is 0.276. The Hall–Kier alpha value is -2.10. The molecule has 0 fully saturated rings. The summed E-state index contributed by atoms with van der Waals surface area (Å²) in [7, 11) is 1.28. The van der Waals surface area contributed by atoms with E-state index in [4.69, 9.17) is 0 Å². The van der Waals surface area contributed by atoms with Crippen LogP contribution >= 0.6 is 0 Å². The van der Waals surface area contributed by atoms with Crippen LogP contribution in [0.5, 0.6) is 0 Å². The van der Waals surface area contributed by atoms with Gasteiger partial charge in [-0.1, -0.05) is 18.2 Å². The molecule has 1 heterocycles. The second-order valence-electron chi connectivity index (χ2n) is 3.08. The Morgan fingerprint density at radius 2 is 2.13 bits per heavy atom. The first-order valence-corrected chi connectivity index (χ1v) is 4.43. The van der Waals surface area contributed by atoms with Gasteiger partial charge in [-0.2, -0.15) is 0 Å². The fourth-order valence-electron chi connectivity index (χ4n) is 1.46. The van der Waals surface area contributed by atoms with E-state index >= 15 is 0 Å². The number of carbonyl (C=O) groups is 2. The fourth-order valence-corrected chi connectivity index (χ4v) is 1.46. The van der Waals surface area contributed by atoms with Crippen LogP contribution in [0.2, 0.25) is 0 Å². The maximum absolute atomic E-state index is 11.5. The van der Waals surface area contributed by atoms with E-state index in [1.165, 1.54) is 13.2 Å². The number of benzene rings is 1. The average molecular weight is 203 g/mol. The van der Waals surface area contributed by atoms with Crippen molar-refractivity contribution in [1.29, 1.82) is 0 Å². The van der Waals surface area contributed by atoms with Gasteiger partial charge in [-0.15, -0.1) is 0 Å². The molecule has 0 atom stereocenters. The summed E-state index contributed by atoms with van der Waals surface area (Å²) in [4.78, 5) is 22.5. The maximum Gasteiger partial charge on any atom is 0.331 e. The number of para-hydroxylation sites is 1. The molecule has 0 aliphatic carbocycles. The summed E-state index contributed by atoms with van der Waals surface area (Å²) in [6.07, 6.45) is 1.20. The number of hydrogen-bond donors (Lipinski definition) is 1. The summed E-state index contributed by atoms with van der Waals surface area (Å²) in [6.45, 7) is 0. The number of hydrogen-bond acceptors (Lipinski definition) is 3. The van der Waals surface area contributed by atoms with E-state index < -0.39 is 5.97 Å². The molecule has 0 bridgehead atoms. The van der Waals surface area contributed by atoms with E-state index in [-0.39, 0.29) is 5.91 Å². The highest BCUT2D eigenvalue weighted by Crippen LogP contribution is 2.30. The van der Waals surface area contributed by atoms with Crippen molar-refractivity contribution < 1.29 is 14.3 Å². The lowest BCUT2D eigenvalue weighted by Crippen LogP contribution is -2.06. The zero-order chi connectivity index (χ0) is 10.8. The molecule has 0 spiro atoms. The lowest BCUT2D eigenvalue weighted by Gasteiger charge is -1.96. The van der Waals surface area contributed by atoms with Crippen LogP contribution in [0.15, 0.2) is 30.3 Å². The van der Waals surface area contributed by atoms with Gasteiger partial charge < -0.3 is 10.1 Å². The van der Waals surface area contributed by atoms with Crippen LogP contribution in [0.1, 0.15) is 5.56 Å². The Balaban J connectivity index is 2.46. The molecule has 1 amide bonds. The molecule has 1 N–H and O–H groups in total. The average Bonchev–Trinajstić information content (AvgIpc) is 2.55. The van der Waals surface area contributed by atoms with Crippen LogP contribution in [0.4, 0.5) is 5.69 Å². The lowest BCUT2D eigenvalue weighted by atomic mass is 10.1. The molecule has 0 unspecified atom stereocenters. The molecule has 2 rings (SSSR count). The largest absolute Gasteiger partial charge is 0.466 e. The van der Waals surface area contributed by atoms with E-state index in [0.717, 1.165) is 11.3 Å². The number of anilines is 1. The van der Waals surface area contributed by atoms with Gasteiger partial charge >= 0.3 is 5.97 Å². The fraction of sp³-hybridized carbons (Fsp3) is 0.0909. The van der Waals surface area contributed by atoms with Crippen molar-refractivity contribution in [2.24, 2.45) is 0 Å². The van der Waals surface area contributed by atoms with Crippen molar-refractivity contribution in [3.8, 4) is 0 Å². The van der Waals surface area contributed by atoms with Gasteiger partial charge in [-0.25, -0.2) is 4.79 Å². The van der Waals surface area contributed by atoms with Crippen LogP contribution in [-0.4, -0.2) is 19.0 Å². The smallest absolute Gasteiger partial charge is 0.331 e. The third-order valence-electron chi connectivity index (χ3n) is 2.17. The first kappa shape index (κ1) is 9.45. The molecule has 1 aliphatic rings. The Morgan fingerprint density at radius 3 is 2.87 bits per heavy atom. The number of esters is 1. The number of amides is 1. The van der Waals surface area contributed by atoms with Gasteiger partial charge in [0.25, 0.3) is 5.91 Å². The standard InChI is InChI=1S/C11H9NO3/c1-15-10(13)6-8-7-4-2-3-5-9(7)12-11(8)14/h2-6H,1H3,(H,12,14)/b8-6-. The number of methoxy groups -OCH3 is 1. The number of rotatable bonds is 1. The number of fused-ring (bicyclic) bond motifs is 1. The topological polar surface area (TPSA) is 55.4 Å². The Morgan fingerprint density at radius 1 is 1.40 bits per heavy atom. The van der Waals surface area contributed by atoms with Gasteiger partial charge in [0.05, 0.1) is 12.7 Å². The van der Waals surface area contributed by atoms with Crippen LogP contribution in [0.3, 0.4) is 0 Å². The second-order valence-corrected chi connectivity index (χ2v) is 3.08. The summed E-state index contributed by atoms with van der Waals surface area (Å²) >= 11 is 0. The number of ether oxygens (including phenoxy) is 1. The van der Waals surface area contributed by atoms with Crippen molar-refractivity contribution in [3.05, 3.63) is 35.9 Å². The molecule has 1 aliphatic heterocycles. The molecular formula is C11H9NO3. The highest BCUT2D eigenvalue weighted by atomic mass is 16.5. The summed E-state index contributed by atoms with van der Waals surface area (Å²) < 4.78 is 4.48. The lowest BCUT2D eigenvalue weighted by molar-refractivity contribution is -0.134. The molecule has 0 saturated heterocycles. The van der Waals surface area contributed by atoms with E-state index in [9.17, 15) is 9.59 Å². The predicted molar refractivity (Wildman–Crippen MR) is 55.1 cm³/mol. The molecular weight excluding hydrogens is 194 g/mol. The number of nitrogens with one attached hydrogen (secondary N) is 1. The zero-order valence-corrected chi connectivity index (χ0v) is 8.11. The molecule has 1 aromatic carbocycles. The summed E-state index contributed by atoms with van der Waals surface area (Å²) in [5.41, 5.74) is 1.79. The highest BCUT2D eigenvalue weighted by molar-refractivity contribution is 6.33. The van der Waals surface area contributed by atoms with Crippen molar-refractivity contribution in [2.75, 3.05) is 12.4 Å². The van der Waals surface area contributed by atoms with Crippen molar-refractivity contribution in [2.45, 2.75) is 0 Å². The SMILES string of the molecule is COC(=O)/C=C1\C(=O)Nc2ccccc21. The van der Waals surface area contributed by atoms with E-state index in [2.05, 4.69) is 10.1 Å².